The average Bonchev–Trinajstić information content (AvgIpc) is 2.76. The largest absolute Gasteiger partial charge is 0.444 e. The third kappa shape index (κ3) is 6.45. The van der Waals surface area contributed by atoms with Crippen molar-refractivity contribution in [1.29, 1.82) is 0 Å². The summed E-state index contributed by atoms with van der Waals surface area (Å²) >= 11 is 7.34. The summed E-state index contributed by atoms with van der Waals surface area (Å²) in [6, 6.07) is 1.67. The van der Waals surface area contributed by atoms with Gasteiger partial charge in [0.15, 0.2) is 0 Å². The number of carbonyl (C=O) groups excluding carboxylic acids is 1. The van der Waals surface area contributed by atoms with Gasteiger partial charge in [-0.3, -0.25) is 14.3 Å². The minimum Gasteiger partial charge on any atom is -0.444 e. The Labute approximate surface area is 207 Å². The highest BCUT2D eigenvalue weighted by Crippen LogP contribution is 2.36. The molecule has 1 amide bonds. The van der Waals surface area contributed by atoms with Crippen LogP contribution in [0.4, 0.5) is 22.4 Å². The summed E-state index contributed by atoms with van der Waals surface area (Å²) in [7, 11) is 1.67. The molecule has 1 aliphatic heterocycles. The lowest BCUT2D eigenvalue weighted by Gasteiger charge is -2.36. The van der Waals surface area contributed by atoms with Gasteiger partial charge >= 0.3 is 6.09 Å². The molecule has 5 N–H and O–H groups in total. The van der Waals surface area contributed by atoms with Gasteiger partial charge in [-0.2, -0.15) is 4.98 Å². The molecule has 13 heteroatoms. The zero-order valence-electron chi connectivity index (χ0n) is 19.8. The molecular formula is C21H31ClN8O3S. The second-order valence-corrected chi connectivity index (χ2v) is 10.3. The number of rotatable bonds is 6. The summed E-state index contributed by atoms with van der Waals surface area (Å²) in [5, 5.41) is 3.05. The Kier molecular flexibility index (Phi) is 8.16. The van der Waals surface area contributed by atoms with E-state index in [1.807, 2.05) is 25.7 Å². The van der Waals surface area contributed by atoms with Crippen LogP contribution in [0.1, 0.15) is 20.8 Å². The van der Waals surface area contributed by atoms with Crippen LogP contribution in [-0.4, -0.2) is 70.4 Å². The van der Waals surface area contributed by atoms with Crippen molar-refractivity contribution in [2.45, 2.75) is 36.2 Å². The van der Waals surface area contributed by atoms with E-state index in [2.05, 4.69) is 20.2 Å². The Morgan fingerprint density at radius 2 is 1.91 bits per heavy atom. The number of amides is 1. The molecule has 0 saturated carbocycles. The Balaban J connectivity index is 1.61. The zero-order chi connectivity index (χ0) is 25.0. The van der Waals surface area contributed by atoms with Gasteiger partial charge in [-0.05, 0) is 26.8 Å². The fraction of sp³-hybridized carbons (Fsp3) is 0.524. The third-order valence-corrected chi connectivity index (χ3v) is 6.75. The molecule has 1 fully saturated rings. The standard InChI is InChI=1S/C21H31ClN8O3S/c1-21(2,3)33-20(32)26-7-8-29-9-11-30(12-10-29)19-27-17(24)15(18(31)28(19)4)34-13-5-6-25-16(23)14(13)22/h5-6H,7-12,24H2,1-4H3,(H2,23,25)(H,26,32). The number of nitrogens with one attached hydrogen (secondary N) is 1. The molecule has 3 rings (SSSR count). The van der Waals surface area contributed by atoms with Crippen LogP contribution in [0.25, 0.3) is 0 Å². The highest BCUT2D eigenvalue weighted by atomic mass is 35.5. The van der Waals surface area contributed by atoms with Crippen LogP contribution in [0.15, 0.2) is 26.8 Å². The molecule has 1 saturated heterocycles. The maximum absolute atomic E-state index is 13.1. The molecule has 0 radical (unpaired) electrons. The molecule has 0 aliphatic carbocycles. The molecule has 0 spiro atoms. The zero-order valence-corrected chi connectivity index (χ0v) is 21.4. The van der Waals surface area contributed by atoms with Crippen molar-refractivity contribution in [3.05, 3.63) is 27.6 Å². The van der Waals surface area contributed by atoms with E-state index < -0.39 is 11.7 Å². The summed E-state index contributed by atoms with van der Waals surface area (Å²) in [6.07, 6.45) is 1.10. The molecule has 0 unspecified atom stereocenters. The molecule has 186 valence electrons. The van der Waals surface area contributed by atoms with E-state index in [1.165, 1.54) is 10.8 Å². The molecule has 0 bridgehead atoms. The number of ether oxygens (including phenoxy) is 1. The summed E-state index contributed by atoms with van der Waals surface area (Å²) in [4.78, 5) is 38.4. The van der Waals surface area contributed by atoms with E-state index in [1.54, 1.807) is 13.1 Å². The van der Waals surface area contributed by atoms with Crippen molar-refractivity contribution in [2.75, 3.05) is 55.6 Å². The monoisotopic (exact) mass is 510 g/mol. The number of nitrogens with zero attached hydrogens (tertiary/aromatic N) is 5. The van der Waals surface area contributed by atoms with Crippen molar-refractivity contribution in [3.63, 3.8) is 0 Å². The van der Waals surface area contributed by atoms with Gasteiger partial charge in [0.2, 0.25) is 5.95 Å². The van der Waals surface area contributed by atoms with Gasteiger partial charge in [0.25, 0.3) is 5.56 Å². The van der Waals surface area contributed by atoms with Gasteiger partial charge in [0.05, 0.1) is 5.02 Å². The second-order valence-electron chi connectivity index (χ2n) is 8.86. The molecule has 2 aromatic heterocycles. The number of anilines is 3. The molecule has 1 aliphatic rings. The molecule has 0 aromatic carbocycles. The van der Waals surface area contributed by atoms with E-state index in [0.717, 1.165) is 24.9 Å². The number of carbonyl (C=O) groups is 1. The fourth-order valence-corrected chi connectivity index (χ4v) is 4.54. The first kappa shape index (κ1) is 25.9. The van der Waals surface area contributed by atoms with E-state index in [4.69, 9.17) is 27.8 Å². The van der Waals surface area contributed by atoms with Crippen molar-refractivity contribution >= 4 is 47.0 Å². The fourth-order valence-electron chi connectivity index (χ4n) is 3.40. The Bertz CT molecular complexity index is 1100. The predicted molar refractivity (Wildman–Crippen MR) is 135 cm³/mol. The Hall–Kier alpha value is -2.70. The maximum atomic E-state index is 13.1. The highest BCUT2D eigenvalue weighted by Gasteiger charge is 2.23. The molecular weight excluding hydrogens is 480 g/mol. The first-order valence-corrected chi connectivity index (χ1v) is 12.0. The highest BCUT2D eigenvalue weighted by molar-refractivity contribution is 7.99. The number of pyridine rings is 1. The minimum atomic E-state index is -0.521. The van der Waals surface area contributed by atoms with Gasteiger partial charge in [-0.1, -0.05) is 23.4 Å². The van der Waals surface area contributed by atoms with Gasteiger partial charge in [-0.15, -0.1) is 0 Å². The van der Waals surface area contributed by atoms with Crippen LogP contribution in [0, 0.1) is 0 Å². The minimum absolute atomic E-state index is 0.138. The normalized spacial score (nSPS) is 14.8. The molecule has 34 heavy (non-hydrogen) atoms. The van der Waals surface area contributed by atoms with Crippen LogP contribution in [0.2, 0.25) is 5.02 Å². The number of piperazine rings is 1. The predicted octanol–water partition coefficient (Wildman–Crippen LogP) is 1.79. The quantitative estimate of drug-likeness (QED) is 0.525. The van der Waals surface area contributed by atoms with Gasteiger partial charge < -0.3 is 26.4 Å². The smallest absolute Gasteiger partial charge is 0.407 e. The van der Waals surface area contributed by atoms with Crippen molar-refractivity contribution in [2.24, 2.45) is 7.05 Å². The molecule has 3 heterocycles. The Morgan fingerprint density at radius 3 is 2.56 bits per heavy atom. The van der Waals surface area contributed by atoms with E-state index in [9.17, 15) is 9.59 Å². The second kappa shape index (κ2) is 10.7. The number of hydrogen-bond acceptors (Lipinski definition) is 10. The number of halogens is 1. The number of alkyl carbamates (subject to hydrolysis) is 1. The van der Waals surface area contributed by atoms with Crippen LogP contribution in [0.5, 0.6) is 0 Å². The first-order valence-electron chi connectivity index (χ1n) is 10.8. The SMILES string of the molecule is Cn1c(N2CCN(CCNC(=O)OC(C)(C)C)CC2)nc(N)c(Sc2ccnc(N)c2Cl)c1=O. The van der Waals surface area contributed by atoms with E-state index >= 15 is 0 Å². The van der Waals surface area contributed by atoms with Crippen LogP contribution >= 0.6 is 23.4 Å². The van der Waals surface area contributed by atoms with Gasteiger partial charge in [0.1, 0.15) is 22.1 Å². The molecule has 2 aromatic rings. The molecule has 0 atom stereocenters. The van der Waals surface area contributed by atoms with Crippen molar-refractivity contribution in [3.8, 4) is 0 Å². The summed E-state index contributed by atoms with van der Waals surface area (Å²) in [5.74, 6) is 0.836. The first-order chi connectivity index (χ1) is 16.0. The summed E-state index contributed by atoms with van der Waals surface area (Å²) < 4.78 is 6.75. The summed E-state index contributed by atoms with van der Waals surface area (Å²) in [6.45, 7) is 9.54. The number of nitrogens with two attached hydrogens (primary N) is 2. The van der Waals surface area contributed by atoms with E-state index in [0.29, 0.717) is 37.0 Å². The topological polar surface area (TPSA) is 145 Å². The lowest BCUT2D eigenvalue weighted by Crippen LogP contribution is -2.50. The average molecular weight is 511 g/mol. The molecule has 11 nitrogen and oxygen atoms in total. The van der Waals surface area contributed by atoms with Gasteiger partial charge in [-0.25, -0.2) is 9.78 Å². The Morgan fingerprint density at radius 1 is 1.24 bits per heavy atom. The van der Waals surface area contributed by atoms with E-state index in [-0.39, 0.29) is 27.1 Å². The number of nitrogen functional groups attached to an aromatic ring is 2. The summed E-state index contributed by atoms with van der Waals surface area (Å²) in [5.41, 5.74) is 11.2. The lowest BCUT2D eigenvalue weighted by molar-refractivity contribution is 0.0521. The van der Waals surface area contributed by atoms with Gasteiger partial charge in [0, 0.05) is 57.4 Å². The van der Waals surface area contributed by atoms with Crippen LogP contribution in [-0.2, 0) is 11.8 Å². The maximum Gasteiger partial charge on any atom is 0.407 e. The third-order valence-electron chi connectivity index (χ3n) is 5.10. The number of hydrogen-bond donors (Lipinski definition) is 3. The number of aromatic nitrogens is 3. The van der Waals surface area contributed by atoms with Crippen LogP contribution in [0.3, 0.4) is 0 Å². The van der Waals surface area contributed by atoms with Crippen molar-refractivity contribution in [1.82, 2.24) is 24.8 Å². The van der Waals surface area contributed by atoms with Crippen LogP contribution < -0.4 is 27.2 Å². The van der Waals surface area contributed by atoms with Crippen molar-refractivity contribution < 1.29 is 9.53 Å². The lowest BCUT2D eigenvalue weighted by atomic mass is 10.2.